The maximum Gasteiger partial charge on any atom is 0.410 e. The third-order valence-corrected chi connectivity index (χ3v) is 6.95. The molecule has 4 amide bonds. The Morgan fingerprint density at radius 3 is 2.45 bits per heavy atom. The molecule has 0 bridgehead atoms. The first-order valence-electron chi connectivity index (χ1n) is 13.5. The number of carbonyl (C=O) groups excluding carboxylic acids is 3. The second-order valence-electron chi connectivity index (χ2n) is 11.0. The van der Waals surface area contributed by atoms with Crippen molar-refractivity contribution in [1.82, 2.24) is 20.6 Å². The van der Waals surface area contributed by atoms with Gasteiger partial charge in [-0.25, -0.2) is 14.7 Å². The fourth-order valence-electron chi connectivity index (χ4n) is 4.70. The molecule has 0 aromatic heterocycles. The van der Waals surface area contributed by atoms with Crippen LogP contribution in [0.1, 0.15) is 58.4 Å². The van der Waals surface area contributed by atoms with E-state index >= 15 is 0 Å². The molecule has 1 saturated heterocycles. The molecule has 1 heterocycles. The fourth-order valence-corrected chi connectivity index (χ4v) is 4.70. The van der Waals surface area contributed by atoms with Gasteiger partial charge >= 0.3 is 12.1 Å². The Bertz CT molecular complexity index is 1000. The van der Waals surface area contributed by atoms with Crippen molar-refractivity contribution in [3.05, 3.63) is 60.2 Å². The van der Waals surface area contributed by atoms with E-state index in [1.165, 1.54) is 0 Å². The van der Waals surface area contributed by atoms with Gasteiger partial charge in [0, 0.05) is 32.1 Å². The first-order chi connectivity index (χ1) is 18.0. The summed E-state index contributed by atoms with van der Waals surface area (Å²) in [4.78, 5) is 39.4. The summed E-state index contributed by atoms with van der Waals surface area (Å²) in [6.07, 6.45) is 9.89. The van der Waals surface area contributed by atoms with Gasteiger partial charge in [-0.1, -0.05) is 61.6 Å². The number of piperidine rings is 1. The lowest BCUT2D eigenvalue weighted by Crippen LogP contribution is -2.48. The van der Waals surface area contributed by atoms with Crippen molar-refractivity contribution in [2.75, 3.05) is 32.7 Å². The normalized spacial score (nSPS) is 23.0. The average Bonchev–Trinajstić information content (AvgIpc) is 2.91. The minimum Gasteiger partial charge on any atom is -0.444 e. The number of rotatable bonds is 8. The summed E-state index contributed by atoms with van der Waals surface area (Å²) in [5, 5.41) is 16.3. The van der Waals surface area contributed by atoms with Gasteiger partial charge in [-0.05, 0) is 51.5 Å². The molecule has 2 aliphatic rings. The molecule has 1 unspecified atom stereocenters. The maximum absolute atomic E-state index is 13.0. The predicted molar refractivity (Wildman–Crippen MR) is 146 cm³/mol. The zero-order valence-electron chi connectivity index (χ0n) is 23.0. The minimum atomic E-state index is -0.755. The van der Waals surface area contributed by atoms with E-state index in [4.69, 9.17) is 4.74 Å². The molecule has 208 valence electrons. The molecule has 9 nitrogen and oxygen atoms in total. The highest BCUT2D eigenvalue weighted by Crippen LogP contribution is 2.34. The third-order valence-electron chi connectivity index (χ3n) is 6.95. The van der Waals surface area contributed by atoms with Crippen molar-refractivity contribution in [2.45, 2.75) is 58.5 Å². The summed E-state index contributed by atoms with van der Waals surface area (Å²) in [7, 11) is 0. The quantitative estimate of drug-likeness (QED) is 0.263. The van der Waals surface area contributed by atoms with Gasteiger partial charge in [-0.3, -0.25) is 10.0 Å². The number of benzene rings is 1. The lowest BCUT2D eigenvalue weighted by molar-refractivity contribution is -0.127. The molecule has 0 saturated carbocycles. The van der Waals surface area contributed by atoms with Gasteiger partial charge in [0.2, 0.25) is 5.91 Å². The van der Waals surface area contributed by atoms with Gasteiger partial charge in [0.15, 0.2) is 0 Å². The largest absolute Gasteiger partial charge is 0.444 e. The van der Waals surface area contributed by atoms with Crippen LogP contribution in [0.4, 0.5) is 9.59 Å². The highest BCUT2D eigenvalue weighted by Gasteiger charge is 2.33. The Kier molecular flexibility index (Phi) is 9.96. The zero-order valence-corrected chi connectivity index (χ0v) is 23.0. The lowest BCUT2D eigenvalue weighted by atomic mass is 9.77. The average molecular weight is 527 g/mol. The molecule has 3 rings (SSSR count). The molecule has 3 N–H and O–H groups in total. The van der Waals surface area contributed by atoms with Crippen LogP contribution in [-0.4, -0.2) is 71.5 Å². The molecule has 38 heavy (non-hydrogen) atoms. The van der Waals surface area contributed by atoms with Crippen LogP contribution in [0.5, 0.6) is 0 Å². The van der Waals surface area contributed by atoms with E-state index in [1.54, 1.807) is 4.90 Å². The third kappa shape index (κ3) is 8.08. The Labute approximate surface area is 225 Å². The monoisotopic (exact) mass is 526 g/mol. The van der Waals surface area contributed by atoms with Crippen LogP contribution in [0.25, 0.3) is 0 Å². The van der Waals surface area contributed by atoms with Gasteiger partial charge in [0.25, 0.3) is 0 Å². The number of urea groups is 1. The summed E-state index contributed by atoms with van der Waals surface area (Å²) in [5.74, 6) is 0.0280. The second-order valence-corrected chi connectivity index (χ2v) is 11.0. The van der Waals surface area contributed by atoms with Crippen LogP contribution in [-0.2, 0) is 9.53 Å². The standard InChI is InChI=1S/C29H42N4O5/c1-5-29(15-13-24(14-16-29)23-11-7-6-8-12-23)25(34)30-17-19-33(37)26(35)31-20-22-10-9-18-32(21-22)27(36)38-28(2,3)4/h6-8,11-16,22,24,37H,5,9-10,17-21H2,1-4H3,(H,30,34)(H,31,35). The maximum atomic E-state index is 13.0. The first kappa shape index (κ1) is 29.2. The number of likely N-dealkylation sites (tertiary alicyclic amines) is 1. The molecule has 1 aromatic carbocycles. The molecule has 0 spiro atoms. The van der Waals surface area contributed by atoms with Crippen molar-refractivity contribution in [3.8, 4) is 0 Å². The van der Waals surface area contributed by atoms with Crippen LogP contribution >= 0.6 is 0 Å². The number of carbonyl (C=O) groups is 3. The van der Waals surface area contributed by atoms with Gasteiger partial charge in [-0.2, -0.15) is 0 Å². The molecule has 0 radical (unpaired) electrons. The van der Waals surface area contributed by atoms with Crippen LogP contribution in [0.2, 0.25) is 0 Å². The molecular weight excluding hydrogens is 484 g/mol. The number of hydroxylamine groups is 2. The molecular formula is C29H42N4O5. The Morgan fingerprint density at radius 2 is 1.82 bits per heavy atom. The van der Waals surface area contributed by atoms with E-state index in [2.05, 4.69) is 22.8 Å². The summed E-state index contributed by atoms with van der Waals surface area (Å²) in [6.45, 7) is 8.96. The summed E-state index contributed by atoms with van der Waals surface area (Å²) >= 11 is 0. The zero-order chi connectivity index (χ0) is 27.8. The van der Waals surface area contributed by atoms with Gasteiger partial charge in [0.1, 0.15) is 5.60 Å². The van der Waals surface area contributed by atoms with Crippen molar-refractivity contribution >= 4 is 18.0 Å². The highest BCUT2D eigenvalue weighted by molar-refractivity contribution is 5.87. The van der Waals surface area contributed by atoms with Crippen LogP contribution in [0.3, 0.4) is 0 Å². The molecule has 1 fully saturated rings. The van der Waals surface area contributed by atoms with Crippen molar-refractivity contribution in [2.24, 2.45) is 11.3 Å². The minimum absolute atomic E-state index is 0.0495. The number of ether oxygens (including phenoxy) is 1. The van der Waals surface area contributed by atoms with E-state index in [0.29, 0.717) is 31.1 Å². The lowest BCUT2D eigenvalue weighted by Gasteiger charge is -2.34. The van der Waals surface area contributed by atoms with Crippen LogP contribution in [0, 0.1) is 11.3 Å². The molecule has 1 aliphatic heterocycles. The van der Waals surface area contributed by atoms with E-state index in [-0.39, 0.29) is 36.9 Å². The summed E-state index contributed by atoms with van der Waals surface area (Å²) in [6, 6.07) is 9.45. The number of allylic oxidation sites excluding steroid dienone is 2. The molecule has 1 atom stereocenters. The van der Waals surface area contributed by atoms with Crippen molar-refractivity contribution in [1.29, 1.82) is 0 Å². The van der Waals surface area contributed by atoms with Crippen LogP contribution < -0.4 is 10.6 Å². The van der Waals surface area contributed by atoms with Gasteiger partial charge in [-0.15, -0.1) is 0 Å². The molecule has 1 aromatic rings. The van der Waals surface area contributed by atoms with Gasteiger partial charge < -0.3 is 20.3 Å². The van der Waals surface area contributed by atoms with Crippen molar-refractivity contribution < 1.29 is 24.3 Å². The molecule has 1 aliphatic carbocycles. The number of amides is 4. The van der Waals surface area contributed by atoms with Crippen LogP contribution in [0.15, 0.2) is 54.6 Å². The highest BCUT2D eigenvalue weighted by atomic mass is 16.6. The predicted octanol–water partition coefficient (Wildman–Crippen LogP) is 4.46. The molecule has 9 heteroatoms. The Morgan fingerprint density at radius 1 is 1.13 bits per heavy atom. The summed E-state index contributed by atoms with van der Waals surface area (Å²) < 4.78 is 5.45. The number of hydrogen-bond donors (Lipinski definition) is 3. The first-order valence-corrected chi connectivity index (χ1v) is 13.5. The summed E-state index contributed by atoms with van der Waals surface area (Å²) in [5.41, 5.74) is -0.150. The fraction of sp³-hybridized carbons (Fsp3) is 0.552. The van der Waals surface area contributed by atoms with Gasteiger partial charge in [0.05, 0.1) is 12.0 Å². The number of nitrogens with zero attached hydrogens (tertiary/aromatic N) is 2. The van der Waals surface area contributed by atoms with E-state index in [9.17, 15) is 19.6 Å². The van der Waals surface area contributed by atoms with E-state index in [1.807, 2.05) is 70.2 Å². The van der Waals surface area contributed by atoms with Crippen molar-refractivity contribution in [3.63, 3.8) is 0 Å². The Balaban J connectivity index is 1.41. The topological polar surface area (TPSA) is 111 Å². The Hall–Kier alpha value is -3.33. The second kappa shape index (κ2) is 13.0. The SMILES string of the molecule is CCC1(C(=O)NCCN(O)C(=O)NCC2CCCN(C(=O)OC(C)(C)C)C2)C=CC(c2ccccc2)C=C1. The smallest absolute Gasteiger partial charge is 0.410 e. The van der Waals surface area contributed by atoms with E-state index in [0.717, 1.165) is 18.4 Å². The number of nitrogens with one attached hydrogen (secondary N) is 2. The van der Waals surface area contributed by atoms with E-state index < -0.39 is 17.0 Å². The number of hydrogen-bond acceptors (Lipinski definition) is 5.